The molecule has 1 atom stereocenters. The zero-order valence-corrected chi connectivity index (χ0v) is 18.9. The summed E-state index contributed by atoms with van der Waals surface area (Å²) < 4.78 is 5.67. The Hall–Kier alpha value is -2.61. The fraction of sp³-hybridized carbons (Fsp3) is 0.609. The van der Waals surface area contributed by atoms with Crippen molar-refractivity contribution in [1.82, 2.24) is 14.7 Å². The maximum atomic E-state index is 12.9. The van der Waals surface area contributed by atoms with Crippen LogP contribution in [0.25, 0.3) is 0 Å². The number of ether oxygens (including phenoxy) is 1. The van der Waals surface area contributed by atoms with E-state index in [2.05, 4.69) is 4.90 Å². The van der Waals surface area contributed by atoms with Gasteiger partial charge >= 0.3 is 0 Å². The first-order chi connectivity index (χ1) is 14.9. The number of likely N-dealkylation sites (N-methyl/N-ethyl adjacent to an activating group) is 1. The number of para-hydroxylation sites is 2. The number of rotatable bonds is 7. The highest BCUT2D eigenvalue weighted by Gasteiger charge is 2.32. The van der Waals surface area contributed by atoms with Crippen molar-refractivity contribution >= 4 is 23.4 Å². The van der Waals surface area contributed by atoms with Gasteiger partial charge < -0.3 is 19.4 Å². The topological polar surface area (TPSA) is 73.4 Å². The van der Waals surface area contributed by atoms with Gasteiger partial charge in [0.05, 0.1) is 12.2 Å². The van der Waals surface area contributed by atoms with E-state index in [-0.39, 0.29) is 24.1 Å². The third kappa shape index (κ3) is 5.55. The van der Waals surface area contributed by atoms with Gasteiger partial charge in [0.2, 0.25) is 11.8 Å². The maximum absolute atomic E-state index is 12.9. The fourth-order valence-corrected chi connectivity index (χ4v) is 4.20. The van der Waals surface area contributed by atoms with Crippen molar-refractivity contribution in [3.63, 3.8) is 0 Å². The predicted molar refractivity (Wildman–Crippen MR) is 119 cm³/mol. The standard InChI is InChI=1S/C23H34N4O4/c1-4-25(5-2)22(29)17-24-12-8-13-26(16-15-24)21(28)11-14-27-19-9-6-7-10-20(19)31-18(3)23(27)30/h6-7,9-10,18H,4-5,8,11-17H2,1-3H3. The van der Waals surface area contributed by atoms with Crippen LogP contribution in [-0.4, -0.2) is 90.9 Å². The number of hydrogen-bond acceptors (Lipinski definition) is 5. The smallest absolute Gasteiger partial charge is 0.267 e. The van der Waals surface area contributed by atoms with Gasteiger partial charge in [0, 0.05) is 52.2 Å². The average Bonchev–Trinajstić information content (AvgIpc) is 3.00. The van der Waals surface area contributed by atoms with Crippen LogP contribution >= 0.6 is 0 Å². The number of hydrogen-bond donors (Lipinski definition) is 0. The number of carbonyl (C=O) groups excluding carboxylic acids is 3. The van der Waals surface area contributed by atoms with Crippen LogP contribution < -0.4 is 9.64 Å². The van der Waals surface area contributed by atoms with E-state index in [9.17, 15) is 14.4 Å². The Labute approximate surface area is 184 Å². The van der Waals surface area contributed by atoms with Gasteiger partial charge in [0.1, 0.15) is 5.75 Å². The lowest BCUT2D eigenvalue weighted by atomic mass is 10.1. The van der Waals surface area contributed by atoms with E-state index in [1.165, 1.54) is 0 Å². The molecule has 1 aromatic rings. The summed E-state index contributed by atoms with van der Waals surface area (Å²) in [6, 6.07) is 7.43. The molecule has 1 aromatic carbocycles. The Bertz CT molecular complexity index is 796. The predicted octanol–water partition coefficient (Wildman–Crippen LogP) is 1.59. The van der Waals surface area contributed by atoms with E-state index in [4.69, 9.17) is 4.74 Å². The molecule has 1 unspecified atom stereocenters. The van der Waals surface area contributed by atoms with Crippen LogP contribution in [0.2, 0.25) is 0 Å². The van der Waals surface area contributed by atoms with Crippen molar-refractivity contribution < 1.29 is 19.1 Å². The molecule has 8 nitrogen and oxygen atoms in total. The number of benzene rings is 1. The molecule has 31 heavy (non-hydrogen) atoms. The monoisotopic (exact) mass is 430 g/mol. The molecule has 0 bridgehead atoms. The van der Waals surface area contributed by atoms with E-state index in [0.29, 0.717) is 38.5 Å². The van der Waals surface area contributed by atoms with E-state index in [1.807, 2.05) is 47.9 Å². The molecule has 1 fully saturated rings. The normalized spacial score (nSPS) is 19.5. The maximum Gasteiger partial charge on any atom is 0.267 e. The molecule has 1 saturated heterocycles. The van der Waals surface area contributed by atoms with Crippen LogP contribution in [0.15, 0.2) is 24.3 Å². The first kappa shape index (κ1) is 23.1. The second kappa shape index (κ2) is 10.6. The molecule has 8 heteroatoms. The summed E-state index contributed by atoms with van der Waals surface area (Å²) in [6.45, 7) is 10.7. The number of fused-ring (bicyclic) bond motifs is 1. The SMILES string of the molecule is CCN(CC)C(=O)CN1CCCN(C(=O)CCN2C(=O)C(C)Oc3ccccc32)CC1. The van der Waals surface area contributed by atoms with Crippen molar-refractivity contribution in [2.75, 3.05) is 57.3 Å². The molecule has 0 saturated carbocycles. The van der Waals surface area contributed by atoms with Gasteiger partial charge in [-0.2, -0.15) is 0 Å². The van der Waals surface area contributed by atoms with Gasteiger partial charge in [0.15, 0.2) is 6.10 Å². The summed E-state index contributed by atoms with van der Waals surface area (Å²) in [5.41, 5.74) is 0.718. The van der Waals surface area contributed by atoms with Crippen LogP contribution in [0, 0.1) is 0 Å². The van der Waals surface area contributed by atoms with E-state index < -0.39 is 6.10 Å². The minimum absolute atomic E-state index is 0.0429. The molecular weight excluding hydrogens is 396 g/mol. The van der Waals surface area contributed by atoms with Gasteiger partial charge in [-0.1, -0.05) is 12.1 Å². The first-order valence-corrected chi connectivity index (χ1v) is 11.3. The molecule has 0 spiro atoms. The molecule has 2 aliphatic rings. The zero-order valence-electron chi connectivity index (χ0n) is 18.9. The largest absolute Gasteiger partial charge is 0.479 e. The highest BCUT2D eigenvalue weighted by atomic mass is 16.5. The lowest BCUT2D eigenvalue weighted by molar-refractivity contribution is -0.132. The molecule has 2 heterocycles. The fourth-order valence-electron chi connectivity index (χ4n) is 4.20. The molecule has 3 amide bonds. The summed E-state index contributed by atoms with van der Waals surface area (Å²) >= 11 is 0. The quantitative estimate of drug-likeness (QED) is 0.657. The van der Waals surface area contributed by atoms with Gasteiger partial charge in [-0.05, 0) is 39.3 Å². The van der Waals surface area contributed by atoms with Gasteiger partial charge in [-0.3, -0.25) is 19.3 Å². The Morgan fingerprint density at radius 2 is 1.84 bits per heavy atom. The van der Waals surface area contributed by atoms with E-state index in [1.54, 1.807) is 11.8 Å². The lowest BCUT2D eigenvalue weighted by Crippen LogP contribution is -2.46. The first-order valence-electron chi connectivity index (χ1n) is 11.3. The Balaban J connectivity index is 1.53. The van der Waals surface area contributed by atoms with Crippen LogP contribution in [0.1, 0.15) is 33.6 Å². The lowest BCUT2D eigenvalue weighted by Gasteiger charge is -2.33. The van der Waals surface area contributed by atoms with Gasteiger partial charge in [0.25, 0.3) is 5.91 Å². The van der Waals surface area contributed by atoms with E-state index in [0.717, 1.165) is 31.7 Å². The summed E-state index contributed by atoms with van der Waals surface area (Å²) in [6.07, 6.45) is 0.554. The molecule has 0 radical (unpaired) electrons. The minimum Gasteiger partial charge on any atom is -0.479 e. The summed E-state index contributed by atoms with van der Waals surface area (Å²) in [5, 5.41) is 0. The summed E-state index contributed by atoms with van der Waals surface area (Å²) in [7, 11) is 0. The molecule has 2 aliphatic heterocycles. The third-order valence-corrected chi connectivity index (χ3v) is 6.04. The molecular formula is C23H34N4O4. The van der Waals surface area contributed by atoms with Gasteiger partial charge in [-0.15, -0.1) is 0 Å². The molecule has 3 rings (SSSR count). The number of amides is 3. The number of nitrogens with zero attached hydrogens (tertiary/aromatic N) is 4. The van der Waals surface area contributed by atoms with Gasteiger partial charge in [-0.25, -0.2) is 0 Å². The summed E-state index contributed by atoms with van der Waals surface area (Å²) in [4.78, 5) is 45.4. The van der Waals surface area contributed by atoms with Crippen molar-refractivity contribution in [1.29, 1.82) is 0 Å². The summed E-state index contributed by atoms with van der Waals surface area (Å²) in [5.74, 6) is 0.735. The molecule has 0 aliphatic carbocycles. The average molecular weight is 431 g/mol. The minimum atomic E-state index is -0.555. The third-order valence-electron chi connectivity index (χ3n) is 6.04. The van der Waals surface area contributed by atoms with Crippen molar-refractivity contribution in [3.05, 3.63) is 24.3 Å². The highest BCUT2D eigenvalue weighted by Crippen LogP contribution is 2.33. The van der Waals surface area contributed by atoms with Crippen molar-refractivity contribution in [3.8, 4) is 5.75 Å². The molecule has 0 aromatic heterocycles. The van der Waals surface area contributed by atoms with Crippen LogP contribution in [0.3, 0.4) is 0 Å². The Kier molecular flexibility index (Phi) is 7.90. The molecule has 0 N–H and O–H groups in total. The number of carbonyl (C=O) groups is 3. The Morgan fingerprint density at radius 1 is 1.10 bits per heavy atom. The van der Waals surface area contributed by atoms with Crippen LogP contribution in [0.4, 0.5) is 5.69 Å². The van der Waals surface area contributed by atoms with Crippen molar-refractivity contribution in [2.45, 2.75) is 39.7 Å². The van der Waals surface area contributed by atoms with Crippen molar-refractivity contribution in [2.24, 2.45) is 0 Å². The van der Waals surface area contributed by atoms with E-state index >= 15 is 0 Å². The second-order valence-electron chi connectivity index (χ2n) is 8.04. The van der Waals surface area contributed by atoms with Crippen LogP contribution in [-0.2, 0) is 14.4 Å². The Morgan fingerprint density at radius 3 is 2.58 bits per heavy atom. The zero-order chi connectivity index (χ0) is 22.4. The molecule has 170 valence electrons. The van der Waals surface area contributed by atoms with Crippen LogP contribution in [0.5, 0.6) is 5.75 Å². The second-order valence-corrected chi connectivity index (χ2v) is 8.04. The number of anilines is 1. The highest BCUT2D eigenvalue weighted by molar-refractivity contribution is 6.00.